The molecule has 0 aliphatic rings. The lowest BCUT2D eigenvalue weighted by Gasteiger charge is -2.28. The first-order chi connectivity index (χ1) is 11.1. The third-order valence-corrected chi connectivity index (χ3v) is 3.39. The maximum Gasteiger partial charge on any atom is 0.243 e. The van der Waals surface area contributed by atoms with Crippen molar-refractivity contribution in [3.63, 3.8) is 0 Å². The molecule has 0 aromatic carbocycles. The zero-order valence-electron chi connectivity index (χ0n) is 13.4. The third kappa shape index (κ3) is 3.92. The molecule has 0 saturated heterocycles. The van der Waals surface area contributed by atoms with Crippen LogP contribution in [0.4, 0.5) is 11.4 Å². The summed E-state index contributed by atoms with van der Waals surface area (Å²) < 4.78 is 7.26. The number of rotatable bonds is 7. The molecule has 0 fully saturated rings. The molecule has 8 heteroatoms. The van der Waals surface area contributed by atoms with Gasteiger partial charge in [0.25, 0.3) is 0 Å². The lowest BCUT2D eigenvalue weighted by atomic mass is 10.2. The summed E-state index contributed by atoms with van der Waals surface area (Å²) >= 11 is 5.80. The maximum atomic E-state index is 12.4. The fourth-order valence-electron chi connectivity index (χ4n) is 2.16. The monoisotopic (exact) mass is 337 g/mol. The normalized spacial score (nSPS) is 10.4. The minimum absolute atomic E-state index is 0.144. The van der Waals surface area contributed by atoms with E-state index in [4.69, 9.17) is 16.3 Å². The number of nitrogens with zero attached hydrogens (tertiary/aromatic N) is 5. The summed E-state index contributed by atoms with van der Waals surface area (Å²) in [6.07, 6.45) is 5.09. The second kappa shape index (κ2) is 7.82. The Labute approximate surface area is 140 Å². The summed E-state index contributed by atoms with van der Waals surface area (Å²) in [4.78, 5) is 20.1. The summed E-state index contributed by atoms with van der Waals surface area (Å²) in [6, 6.07) is 3.62. The summed E-state index contributed by atoms with van der Waals surface area (Å²) in [5.41, 5.74) is 1.40. The molecule has 0 spiro atoms. The Balaban J connectivity index is 2.53. The Morgan fingerprint density at radius 3 is 2.74 bits per heavy atom. The van der Waals surface area contributed by atoms with Crippen LogP contribution < -0.4 is 14.5 Å². The lowest BCUT2D eigenvalue weighted by Crippen LogP contribution is -2.35. The van der Waals surface area contributed by atoms with Gasteiger partial charge in [0, 0.05) is 32.7 Å². The summed E-state index contributed by atoms with van der Waals surface area (Å²) in [6.45, 7) is 2.54. The van der Waals surface area contributed by atoms with Gasteiger partial charge in [0.15, 0.2) is 0 Å². The van der Waals surface area contributed by atoms with Crippen LogP contribution in [-0.2, 0) is 11.5 Å². The average Bonchev–Trinajstić information content (AvgIpc) is 3.05. The zero-order valence-corrected chi connectivity index (χ0v) is 14.2. The molecule has 23 heavy (non-hydrogen) atoms. The number of aromatic nitrogens is 3. The number of carbonyl (C=O) groups excluding carboxylic acids is 1. The predicted octanol–water partition coefficient (Wildman–Crippen LogP) is 1.97. The number of anilines is 2. The minimum Gasteiger partial charge on any atom is -0.476 e. The highest BCUT2D eigenvalue weighted by atomic mass is 35.5. The van der Waals surface area contributed by atoms with Gasteiger partial charge in [-0.05, 0) is 19.1 Å². The van der Waals surface area contributed by atoms with Crippen LogP contribution in [0.25, 0.3) is 0 Å². The second-order valence-electron chi connectivity index (χ2n) is 4.95. The quantitative estimate of drug-likeness (QED) is 0.723. The Bertz CT molecular complexity index is 645. The van der Waals surface area contributed by atoms with E-state index in [0.717, 1.165) is 5.69 Å². The molecule has 7 nitrogen and oxygen atoms in total. The van der Waals surface area contributed by atoms with Gasteiger partial charge in [0.1, 0.15) is 18.2 Å². The van der Waals surface area contributed by atoms with E-state index in [1.54, 1.807) is 29.3 Å². The molecule has 0 aliphatic carbocycles. The Kier molecular flexibility index (Phi) is 5.81. The fourth-order valence-corrected chi connectivity index (χ4v) is 2.30. The summed E-state index contributed by atoms with van der Waals surface area (Å²) in [7, 11) is 3.79. The molecule has 2 rings (SSSR count). The van der Waals surface area contributed by atoms with Crippen LogP contribution in [0.1, 0.15) is 6.92 Å². The van der Waals surface area contributed by atoms with E-state index in [9.17, 15) is 4.79 Å². The maximum absolute atomic E-state index is 12.4. The van der Waals surface area contributed by atoms with Gasteiger partial charge in [-0.3, -0.25) is 14.4 Å². The summed E-state index contributed by atoms with van der Waals surface area (Å²) in [5.74, 6) is -0.00208. The first-order valence-corrected chi connectivity index (χ1v) is 7.74. The Morgan fingerprint density at radius 2 is 2.17 bits per heavy atom. The number of ether oxygens (including phenoxy) is 1. The number of hydrogen-bond donors (Lipinski definition) is 0. The second-order valence-corrected chi connectivity index (χ2v) is 5.22. The van der Waals surface area contributed by atoms with Gasteiger partial charge in [0.2, 0.25) is 11.8 Å². The molecule has 0 atom stereocenters. The standard InChI is InChI=1S/C15H20ClN5O2/c1-4-23-15-14(12(19(2)3)6-8-17-15)21(13(22)10-16)11-20-9-5-7-18-20/h5-9H,4,10-11H2,1-3H3. The molecule has 124 valence electrons. The van der Waals surface area contributed by atoms with Crippen LogP contribution in [0.15, 0.2) is 30.7 Å². The highest BCUT2D eigenvalue weighted by Crippen LogP contribution is 2.36. The van der Waals surface area contributed by atoms with Crippen molar-refractivity contribution in [3.8, 4) is 5.88 Å². The van der Waals surface area contributed by atoms with Gasteiger partial charge in [-0.2, -0.15) is 5.10 Å². The first-order valence-electron chi connectivity index (χ1n) is 7.21. The first kappa shape index (κ1) is 17.1. The highest BCUT2D eigenvalue weighted by Gasteiger charge is 2.25. The molecule has 1 amide bonds. The largest absolute Gasteiger partial charge is 0.476 e. The van der Waals surface area contributed by atoms with E-state index in [0.29, 0.717) is 18.2 Å². The van der Waals surface area contributed by atoms with E-state index in [1.165, 1.54) is 4.90 Å². The predicted molar refractivity (Wildman–Crippen MR) is 90.2 cm³/mol. The van der Waals surface area contributed by atoms with Gasteiger partial charge < -0.3 is 9.64 Å². The number of halogens is 1. The minimum atomic E-state index is -0.251. The Morgan fingerprint density at radius 1 is 1.39 bits per heavy atom. The number of pyridine rings is 1. The fraction of sp³-hybridized carbons (Fsp3) is 0.400. The number of amides is 1. The molecular weight excluding hydrogens is 318 g/mol. The molecule has 2 aromatic rings. The van der Waals surface area contributed by atoms with E-state index >= 15 is 0 Å². The van der Waals surface area contributed by atoms with Crippen molar-refractivity contribution in [2.24, 2.45) is 0 Å². The van der Waals surface area contributed by atoms with Crippen molar-refractivity contribution in [3.05, 3.63) is 30.7 Å². The average molecular weight is 338 g/mol. The van der Waals surface area contributed by atoms with E-state index < -0.39 is 0 Å². The van der Waals surface area contributed by atoms with Crippen LogP contribution in [0.5, 0.6) is 5.88 Å². The van der Waals surface area contributed by atoms with Gasteiger partial charge >= 0.3 is 0 Å². The van der Waals surface area contributed by atoms with Crippen molar-refractivity contribution in [1.29, 1.82) is 0 Å². The summed E-state index contributed by atoms with van der Waals surface area (Å²) in [5, 5.41) is 4.15. The third-order valence-electron chi connectivity index (χ3n) is 3.16. The molecule has 2 heterocycles. The molecule has 2 aromatic heterocycles. The molecule has 0 aliphatic heterocycles. The van der Waals surface area contributed by atoms with Crippen LogP contribution in [0.3, 0.4) is 0 Å². The van der Waals surface area contributed by atoms with E-state index in [2.05, 4.69) is 10.1 Å². The van der Waals surface area contributed by atoms with Crippen molar-refractivity contribution in [1.82, 2.24) is 14.8 Å². The molecule has 0 bridgehead atoms. The van der Waals surface area contributed by atoms with Crippen LogP contribution in [-0.4, -0.2) is 47.3 Å². The van der Waals surface area contributed by atoms with Gasteiger partial charge in [-0.1, -0.05) is 0 Å². The van der Waals surface area contributed by atoms with Crippen molar-refractivity contribution in [2.75, 3.05) is 36.4 Å². The number of hydrogen-bond acceptors (Lipinski definition) is 5. The van der Waals surface area contributed by atoms with Crippen LogP contribution >= 0.6 is 11.6 Å². The highest BCUT2D eigenvalue weighted by molar-refractivity contribution is 6.29. The van der Waals surface area contributed by atoms with E-state index in [1.807, 2.05) is 32.0 Å². The zero-order chi connectivity index (χ0) is 16.8. The number of carbonyl (C=O) groups is 1. The van der Waals surface area contributed by atoms with Gasteiger partial charge in [-0.25, -0.2) is 4.98 Å². The van der Waals surface area contributed by atoms with Gasteiger partial charge in [-0.15, -0.1) is 11.6 Å². The topological polar surface area (TPSA) is 63.5 Å². The Hall–Kier alpha value is -2.28. The molecule has 0 unspecified atom stereocenters. The number of alkyl halides is 1. The van der Waals surface area contributed by atoms with Crippen LogP contribution in [0, 0.1) is 0 Å². The van der Waals surface area contributed by atoms with E-state index in [-0.39, 0.29) is 18.5 Å². The molecular formula is C15H20ClN5O2. The van der Waals surface area contributed by atoms with Gasteiger partial charge in [0.05, 0.1) is 12.3 Å². The molecule has 0 saturated carbocycles. The van der Waals surface area contributed by atoms with Crippen LogP contribution in [0.2, 0.25) is 0 Å². The molecule has 0 radical (unpaired) electrons. The van der Waals surface area contributed by atoms with Crippen molar-refractivity contribution < 1.29 is 9.53 Å². The van der Waals surface area contributed by atoms with Crippen molar-refractivity contribution >= 4 is 28.9 Å². The van der Waals surface area contributed by atoms with Crippen molar-refractivity contribution in [2.45, 2.75) is 13.6 Å². The lowest BCUT2D eigenvalue weighted by molar-refractivity contribution is -0.116. The SMILES string of the molecule is CCOc1nccc(N(C)C)c1N(Cn1cccn1)C(=O)CCl. The molecule has 0 N–H and O–H groups in total. The smallest absolute Gasteiger partial charge is 0.243 e.